The van der Waals surface area contributed by atoms with Crippen molar-refractivity contribution in [3.8, 4) is 11.1 Å². The van der Waals surface area contributed by atoms with Crippen molar-refractivity contribution in [2.45, 2.75) is 0 Å². The quantitative estimate of drug-likeness (QED) is 0.441. The lowest BCUT2D eigenvalue weighted by Gasteiger charge is -2.03. The molecule has 5 aromatic rings. The molecular weight excluding hydrogens is 308 g/mol. The maximum Gasteiger partial charge on any atom is 0.255 e. The number of benzene rings is 1. The fourth-order valence-corrected chi connectivity index (χ4v) is 3.05. The van der Waals surface area contributed by atoms with Gasteiger partial charge in [-0.1, -0.05) is 0 Å². The Morgan fingerprint density at radius 1 is 1.08 bits per heavy atom. The predicted molar refractivity (Wildman–Crippen MR) is 90.0 cm³/mol. The van der Waals surface area contributed by atoms with Crippen LogP contribution in [0.3, 0.4) is 0 Å². The summed E-state index contributed by atoms with van der Waals surface area (Å²) in [7, 11) is 0. The summed E-state index contributed by atoms with van der Waals surface area (Å²) >= 11 is 0. The van der Waals surface area contributed by atoms with Gasteiger partial charge in [-0.3, -0.25) is 14.7 Å². The van der Waals surface area contributed by atoms with Crippen LogP contribution in [0, 0.1) is 0 Å². The van der Waals surface area contributed by atoms with Gasteiger partial charge in [0.25, 0.3) is 5.56 Å². The predicted octanol–water partition coefficient (Wildman–Crippen LogP) is 2.51. The zero-order chi connectivity index (χ0) is 16.3. The summed E-state index contributed by atoms with van der Waals surface area (Å²) in [5.41, 5.74) is 2.89. The molecule has 4 aromatic heterocycles. The second-order valence-electron chi connectivity index (χ2n) is 5.51. The Morgan fingerprint density at radius 2 is 2.00 bits per heavy atom. The fraction of sp³-hybridized carbons (Fsp3) is 0. The van der Waals surface area contributed by atoms with E-state index < -0.39 is 0 Å². The Labute approximate surface area is 132 Å². The normalized spacial score (nSPS) is 11.7. The highest BCUT2D eigenvalue weighted by atomic mass is 16.3. The number of fused-ring (bicyclic) bond motifs is 4. The van der Waals surface area contributed by atoms with E-state index in [2.05, 4.69) is 20.2 Å². The summed E-state index contributed by atoms with van der Waals surface area (Å²) < 4.78 is 5.91. The van der Waals surface area contributed by atoms with Crippen molar-refractivity contribution in [1.82, 2.24) is 20.2 Å². The van der Waals surface area contributed by atoms with Crippen LogP contribution in [-0.2, 0) is 0 Å². The standard InChI is InChI=1S/C17H10N4O3/c22-8-3-4-9-12(6-8)24-15-13(10-2-1-5-18-17(10)23)11-7-19-21-16(11)20-14(9)15/h1-7H,(H,18,23)(H2,19,20,21). The van der Waals surface area contributed by atoms with Gasteiger partial charge in [-0.15, -0.1) is 0 Å². The van der Waals surface area contributed by atoms with E-state index in [-0.39, 0.29) is 11.0 Å². The molecule has 5 rings (SSSR count). The molecule has 0 fully saturated rings. The third-order valence-corrected chi connectivity index (χ3v) is 4.11. The summed E-state index contributed by atoms with van der Waals surface area (Å²) in [5, 5.41) is 7.32. The van der Waals surface area contributed by atoms with Crippen molar-refractivity contribution >= 4 is 33.1 Å². The number of rotatable bonds is 1. The van der Waals surface area contributed by atoms with Crippen LogP contribution >= 0.6 is 0 Å². The highest BCUT2D eigenvalue weighted by molar-refractivity contribution is 6.14. The Bertz CT molecular complexity index is 1350. The van der Waals surface area contributed by atoms with Gasteiger partial charge in [-0.05, 0) is 24.3 Å². The van der Waals surface area contributed by atoms with Gasteiger partial charge in [0.05, 0.1) is 5.56 Å². The molecule has 0 atom stereocenters. The number of H-pyrrole nitrogens is 3. The van der Waals surface area contributed by atoms with Crippen LogP contribution in [0.4, 0.5) is 0 Å². The van der Waals surface area contributed by atoms with Crippen LogP contribution < -0.4 is 11.0 Å². The van der Waals surface area contributed by atoms with Gasteiger partial charge >= 0.3 is 0 Å². The molecule has 7 heteroatoms. The number of hydrogen-bond acceptors (Lipinski definition) is 4. The van der Waals surface area contributed by atoms with Gasteiger partial charge < -0.3 is 14.5 Å². The van der Waals surface area contributed by atoms with Crippen molar-refractivity contribution in [1.29, 1.82) is 0 Å². The highest BCUT2D eigenvalue weighted by Gasteiger charge is 2.20. The SMILES string of the molecule is O=c1ccc2c(c1)oc1c(-c3ccc[nH]c3=O)c3c[nH][nH]c3nc12. The third kappa shape index (κ3) is 1.63. The van der Waals surface area contributed by atoms with Crippen molar-refractivity contribution in [3.05, 3.63) is 63.3 Å². The van der Waals surface area contributed by atoms with E-state index >= 15 is 0 Å². The maximum atomic E-state index is 12.3. The van der Waals surface area contributed by atoms with Crippen LogP contribution in [0.15, 0.2) is 56.7 Å². The van der Waals surface area contributed by atoms with Crippen molar-refractivity contribution < 1.29 is 4.42 Å². The molecule has 0 aliphatic rings. The Morgan fingerprint density at radius 3 is 2.88 bits per heavy atom. The number of pyridine rings is 2. The minimum Gasteiger partial charge on any atom is -0.454 e. The number of aromatic nitrogens is 4. The van der Waals surface area contributed by atoms with Crippen LogP contribution in [0.25, 0.3) is 44.2 Å². The number of nitrogens with one attached hydrogen (secondary N) is 3. The zero-order valence-electron chi connectivity index (χ0n) is 12.2. The topological polar surface area (TPSA) is 108 Å². The first-order chi connectivity index (χ1) is 11.7. The zero-order valence-corrected chi connectivity index (χ0v) is 12.2. The maximum absolute atomic E-state index is 12.3. The molecule has 1 aromatic carbocycles. The van der Waals surface area contributed by atoms with E-state index in [0.717, 1.165) is 10.8 Å². The molecule has 0 radical (unpaired) electrons. The van der Waals surface area contributed by atoms with E-state index in [9.17, 15) is 9.59 Å². The van der Waals surface area contributed by atoms with E-state index in [1.165, 1.54) is 12.1 Å². The second-order valence-corrected chi connectivity index (χ2v) is 5.51. The van der Waals surface area contributed by atoms with Gasteiger partial charge in [-0.25, -0.2) is 4.98 Å². The summed E-state index contributed by atoms with van der Waals surface area (Å²) in [6.45, 7) is 0. The first-order valence-corrected chi connectivity index (χ1v) is 7.32. The van der Waals surface area contributed by atoms with Gasteiger partial charge in [0, 0.05) is 34.8 Å². The Balaban J connectivity index is 2.08. The van der Waals surface area contributed by atoms with Crippen molar-refractivity contribution in [2.24, 2.45) is 0 Å². The molecule has 7 nitrogen and oxygen atoms in total. The Kier molecular flexibility index (Phi) is 2.39. The monoisotopic (exact) mass is 318 g/mol. The van der Waals surface area contributed by atoms with E-state index in [1.807, 2.05) is 0 Å². The molecule has 0 amide bonds. The van der Waals surface area contributed by atoms with Gasteiger partial charge in [-0.2, -0.15) is 0 Å². The molecule has 3 N–H and O–H groups in total. The summed E-state index contributed by atoms with van der Waals surface area (Å²) in [6.07, 6.45) is 3.31. The molecule has 116 valence electrons. The minimum absolute atomic E-state index is 0.139. The molecule has 0 spiro atoms. The smallest absolute Gasteiger partial charge is 0.255 e. The number of nitrogens with zero attached hydrogens (tertiary/aromatic N) is 1. The van der Waals surface area contributed by atoms with E-state index in [0.29, 0.717) is 33.5 Å². The molecule has 0 saturated carbocycles. The van der Waals surface area contributed by atoms with Gasteiger partial charge in [0.15, 0.2) is 16.7 Å². The molecule has 0 aliphatic heterocycles. The largest absolute Gasteiger partial charge is 0.454 e. The third-order valence-electron chi connectivity index (χ3n) is 4.11. The molecule has 0 aliphatic carbocycles. The van der Waals surface area contributed by atoms with Crippen LogP contribution in [0.2, 0.25) is 0 Å². The molecule has 0 unspecified atom stereocenters. The van der Waals surface area contributed by atoms with E-state index in [4.69, 9.17) is 4.42 Å². The van der Waals surface area contributed by atoms with Crippen molar-refractivity contribution in [3.63, 3.8) is 0 Å². The van der Waals surface area contributed by atoms with Crippen molar-refractivity contribution in [2.75, 3.05) is 0 Å². The lowest BCUT2D eigenvalue weighted by atomic mass is 10.0. The molecule has 4 heterocycles. The van der Waals surface area contributed by atoms with Gasteiger partial charge in [0.1, 0.15) is 11.1 Å². The fourth-order valence-electron chi connectivity index (χ4n) is 3.05. The molecular formula is C17H10N4O3. The molecule has 0 saturated heterocycles. The Hall–Kier alpha value is -3.61. The van der Waals surface area contributed by atoms with Crippen LogP contribution in [-0.4, -0.2) is 20.2 Å². The highest BCUT2D eigenvalue weighted by Crippen LogP contribution is 2.37. The lowest BCUT2D eigenvalue weighted by Crippen LogP contribution is -2.07. The lowest BCUT2D eigenvalue weighted by molar-refractivity contribution is 0.669. The van der Waals surface area contributed by atoms with E-state index in [1.54, 1.807) is 30.6 Å². The average molecular weight is 318 g/mol. The molecule has 0 bridgehead atoms. The second kappa shape index (κ2) is 4.45. The van der Waals surface area contributed by atoms with Crippen LogP contribution in [0.1, 0.15) is 0 Å². The number of furan rings is 1. The summed E-state index contributed by atoms with van der Waals surface area (Å²) in [4.78, 5) is 31.2. The first-order valence-electron chi connectivity index (χ1n) is 7.32. The summed E-state index contributed by atoms with van der Waals surface area (Å²) in [5.74, 6) is 0. The summed E-state index contributed by atoms with van der Waals surface area (Å²) in [6, 6.07) is 8.07. The minimum atomic E-state index is -0.225. The van der Waals surface area contributed by atoms with Gasteiger partial charge in [0.2, 0.25) is 0 Å². The molecule has 24 heavy (non-hydrogen) atoms. The van der Waals surface area contributed by atoms with Crippen LogP contribution in [0.5, 0.6) is 0 Å². The number of hydrogen-bond donors (Lipinski definition) is 3. The average Bonchev–Trinajstić information content (AvgIpc) is 3.17. The number of aromatic amines is 3. The first kappa shape index (κ1) is 12.9.